The van der Waals surface area contributed by atoms with Gasteiger partial charge in [0.15, 0.2) is 5.75 Å². The van der Waals surface area contributed by atoms with Crippen LogP contribution in [0.15, 0.2) is 48.5 Å². The van der Waals surface area contributed by atoms with Gasteiger partial charge in [0.25, 0.3) is 0 Å². The molecule has 1 heterocycles. The molecule has 0 unspecified atom stereocenters. The number of rotatable bonds is 6. The van der Waals surface area contributed by atoms with Crippen molar-refractivity contribution >= 4 is 11.6 Å². The van der Waals surface area contributed by atoms with E-state index in [9.17, 15) is 4.79 Å². The van der Waals surface area contributed by atoms with Crippen LogP contribution in [0.4, 0.5) is 5.69 Å². The van der Waals surface area contributed by atoms with Crippen molar-refractivity contribution in [3.05, 3.63) is 54.1 Å². The van der Waals surface area contributed by atoms with Crippen molar-refractivity contribution < 1.29 is 9.53 Å². The summed E-state index contributed by atoms with van der Waals surface area (Å²) < 4.78 is 5.94. The Hall–Kier alpha value is -2.33. The van der Waals surface area contributed by atoms with Crippen LogP contribution in [-0.4, -0.2) is 19.0 Å². The Bertz CT molecular complexity index is 691. The number of piperidine rings is 1. The van der Waals surface area contributed by atoms with Crippen molar-refractivity contribution in [2.75, 3.05) is 18.4 Å². The molecule has 4 nitrogen and oxygen atoms in total. The summed E-state index contributed by atoms with van der Waals surface area (Å²) in [6.45, 7) is 4.18. The zero-order chi connectivity index (χ0) is 17.5. The third-order valence-electron chi connectivity index (χ3n) is 4.65. The Labute approximate surface area is 149 Å². The number of amides is 1. The molecule has 25 heavy (non-hydrogen) atoms. The summed E-state index contributed by atoms with van der Waals surface area (Å²) >= 11 is 0. The quantitative estimate of drug-likeness (QED) is 0.815. The molecule has 0 aromatic heterocycles. The van der Waals surface area contributed by atoms with E-state index in [1.807, 2.05) is 55.5 Å². The number of anilines is 1. The van der Waals surface area contributed by atoms with Gasteiger partial charge in [0.1, 0.15) is 5.75 Å². The molecule has 1 amide bonds. The molecule has 132 valence electrons. The molecule has 0 atom stereocenters. The summed E-state index contributed by atoms with van der Waals surface area (Å²) in [7, 11) is 0. The molecule has 0 radical (unpaired) electrons. The van der Waals surface area contributed by atoms with Crippen LogP contribution in [0.3, 0.4) is 0 Å². The lowest BCUT2D eigenvalue weighted by Crippen LogP contribution is -2.28. The summed E-state index contributed by atoms with van der Waals surface area (Å²) in [6.07, 6.45) is 3.85. The van der Waals surface area contributed by atoms with Crippen molar-refractivity contribution in [1.29, 1.82) is 0 Å². The first-order chi connectivity index (χ1) is 12.2. The molecular formula is C21H26N2O2. The summed E-state index contributed by atoms with van der Waals surface area (Å²) in [4.78, 5) is 12.3. The first kappa shape index (κ1) is 17.5. The molecule has 1 aliphatic heterocycles. The highest BCUT2D eigenvalue weighted by Gasteiger charge is 2.15. The van der Waals surface area contributed by atoms with Gasteiger partial charge < -0.3 is 15.4 Å². The van der Waals surface area contributed by atoms with Gasteiger partial charge in [-0.3, -0.25) is 4.79 Å². The molecule has 1 fully saturated rings. The Morgan fingerprint density at radius 3 is 2.60 bits per heavy atom. The molecule has 1 aliphatic rings. The third-order valence-corrected chi connectivity index (χ3v) is 4.65. The van der Waals surface area contributed by atoms with E-state index in [1.54, 1.807) is 0 Å². The second-order valence-electron chi connectivity index (χ2n) is 6.69. The van der Waals surface area contributed by atoms with Gasteiger partial charge in [-0.1, -0.05) is 29.8 Å². The van der Waals surface area contributed by atoms with Crippen molar-refractivity contribution in [2.24, 2.45) is 5.92 Å². The first-order valence-electron chi connectivity index (χ1n) is 9.05. The van der Waals surface area contributed by atoms with Crippen LogP contribution in [0.1, 0.15) is 31.2 Å². The summed E-state index contributed by atoms with van der Waals surface area (Å²) in [5.74, 6) is 2.15. The Kier molecular flexibility index (Phi) is 6.07. The van der Waals surface area contributed by atoms with Crippen molar-refractivity contribution in [2.45, 2.75) is 32.6 Å². The van der Waals surface area contributed by atoms with Gasteiger partial charge >= 0.3 is 0 Å². The lowest BCUT2D eigenvalue weighted by Gasteiger charge is -2.22. The number of benzene rings is 2. The van der Waals surface area contributed by atoms with E-state index in [2.05, 4.69) is 10.6 Å². The van der Waals surface area contributed by atoms with E-state index < -0.39 is 0 Å². The molecule has 3 rings (SSSR count). The largest absolute Gasteiger partial charge is 0.455 e. The SMILES string of the molecule is Cc1ccc(Oc2ccccc2NC(=O)CCC2CCNCC2)cc1. The molecule has 4 heteroatoms. The van der Waals surface area contributed by atoms with Gasteiger partial charge in [-0.25, -0.2) is 0 Å². The van der Waals surface area contributed by atoms with Gasteiger partial charge in [-0.15, -0.1) is 0 Å². The highest BCUT2D eigenvalue weighted by molar-refractivity contribution is 5.92. The van der Waals surface area contributed by atoms with Crippen LogP contribution >= 0.6 is 0 Å². The average molecular weight is 338 g/mol. The van der Waals surface area contributed by atoms with Crippen LogP contribution in [0.25, 0.3) is 0 Å². The van der Waals surface area contributed by atoms with E-state index in [0.717, 1.165) is 30.9 Å². The standard InChI is InChI=1S/C21H26N2O2/c1-16-6-9-18(10-7-16)25-20-5-3-2-4-19(20)23-21(24)11-8-17-12-14-22-15-13-17/h2-7,9-10,17,22H,8,11-15H2,1H3,(H,23,24). The lowest BCUT2D eigenvalue weighted by atomic mass is 9.93. The summed E-state index contributed by atoms with van der Waals surface area (Å²) in [5.41, 5.74) is 1.91. The molecule has 0 spiro atoms. The zero-order valence-corrected chi connectivity index (χ0v) is 14.8. The van der Waals surface area contributed by atoms with Crippen molar-refractivity contribution in [3.8, 4) is 11.5 Å². The molecule has 0 saturated carbocycles. The van der Waals surface area contributed by atoms with Gasteiger partial charge in [-0.2, -0.15) is 0 Å². The Morgan fingerprint density at radius 1 is 1.12 bits per heavy atom. The maximum absolute atomic E-state index is 12.3. The van der Waals surface area contributed by atoms with Crippen LogP contribution in [0.5, 0.6) is 11.5 Å². The smallest absolute Gasteiger partial charge is 0.224 e. The first-order valence-corrected chi connectivity index (χ1v) is 9.05. The van der Waals surface area contributed by atoms with Gasteiger partial charge in [0.2, 0.25) is 5.91 Å². The molecule has 2 N–H and O–H groups in total. The van der Waals surface area contributed by atoms with Crippen LogP contribution < -0.4 is 15.4 Å². The Balaban J connectivity index is 1.58. The second-order valence-corrected chi connectivity index (χ2v) is 6.69. The topological polar surface area (TPSA) is 50.4 Å². The molecule has 0 bridgehead atoms. The molecule has 0 aliphatic carbocycles. The molecule has 1 saturated heterocycles. The Morgan fingerprint density at radius 2 is 1.84 bits per heavy atom. The van der Waals surface area contributed by atoms with Gasteiger partial charge in [0.05, 0.1) is 5.69 Å². The van der Waals surface area contributed by atoms with E-state index >= 15 is 0 Å². The van der Waals surface area contributed by atoms with Crippen LogP contribution in [0.2, 0.25) is 0 Å². The highest BCUT2D eigenvalue weighted by Crippen LogP contribution is 2.29. The third kappa shape index (κ3) is 5.33. The summed E-state index contributed by atoms with van der Waals surface area (Å²) in [6, 6.07) is 15.5. The van der Waals surface area contributed by atoms with Crippen LogP contribution in [0, 0.1) is 12.8 Å². The van der Waals surface area contributed by atoms with Gasteiger partial charge in [-0.05, 0) is 69.5 Å². The van der Waals surface area contributed by atoms with E-state index in [-0.39, 0.29) is 5.91 Å². The predicted octanol–water partition coefficient (Wildman–Crippen LogP) is 4.51. The van der Waals surface area contributed by atoms with Crippen molar-refractivity contribution in [1.82, 2.24) is 5.32 Å². The molecule has 2 aromatic carbocycles. The zero-order valence-electron chi connectivity index (χ0n) is 14.8. The number of aryl methyl sites for hydroxylation is 1. The van der Waals surface area contributed by atoms with E-state index in [4.69, 9.17) is 4.74 Å². The minimum atomic E-state index is 0.0542. The number of hydrogen-bond acceptors (Lipinski definition) is 3. The van der Waals surface area contributed by atoms with E-state index in [0.29, 0.717) is 18.1 Å². The minimum Gasteiger partial charge on any atom is -0.455 e. The normalized spacial score (nSPS) is 14.9. The monoisotopic (exact) mass is 338 g/mol. The number of hydrogen-bond donors (Lipinski definition) is 2. The highest BCUT2D eigenvalue weighted by atomic mass is 16.5. The number of nitrogens with one attached hydrogen (secondary N) is 2. The van der Waals surface area contributed by atoms with E-state index in [1.165, 1.54) is 18.4 Å². The second kappa shape index (κ2) is 8.67. The summed E-state index contributed by atoms with van der Waals surface area (Å²) in [5, 5.41) is 6.36. The fraction of sp³-hybridized carbons (Fsp3) is 0.381. The number of carbonyl (C=O) groups is 1. The van der Waals surface area contributed by atoms with Gasteiger partial charge in [0, 0.05) is 6.42 Å². The maximum Gasteiger partial charge on any atom is 0.224 e. The fourth-order valence-electron chi connectivity index (χ4n) is 3.11. The fourth-order valence-corrected chi connectivity index (χ4v) is 3.11. The average Bonchev–Trinajstić information content (AvgIpc) is 2.64. The molecular weight excluding hydrogens is 312 g/mol. The number of ether oxygens (including phenoxy) is 1. The van der Waals surface area contributed by atoms with Crippen LogP contribution in [-0.2, 0) is 4.79 Å². The minimum absolute atomic E-state index is 0.0542. The van der Waals surface area contributed by atoms with Crippen molar-refractivity contribution in [3.63, 3.8) is 0 Å². The molecule has 2 aromatic rings. The predicted molar refractivity (Wildman–Crippen MR) is 101 cm³/mol. The number of para-hydroxylation sites is 2. The number of carbonyl (C=O) groups excluding carboxylic acids is 1. The lowest BCUT2D eigenvalue weighted by molar-refractivity contribution is -0.116. The maximum atomic E-state index is 12.3.